The zero-order valence-electron chi connectivity index (χ0n) is 8.58. The Hall–Kier alpha value is -1.43. The molecule has 0 amide bonds. The van der Waals surface area contributed by atoms with E-state index in [4.69, 9.17) is 10.5 Å². The quantitative estimate of drug-likeness (QED) is 0.845. The minimum Gasteiger partial charge on any atom is -0.508 e. The molecule has 1 aromatic rings. The second-order valence-corrected chi connectivity index (χ2v) is 3.35. The Kier molecular flexibility index (Phi) is 3.64. The van der Waals surface area contributed by atoms with Gasteiger partial charge in [0.1, 0.15) is 11.5 Å². The highest BCUT2D eigenvalue weighted by atomic mass is 19.4. The van der Waals surface area contributed by atoms with Crippen molar-refractivity contribution in [1.82, 2.24) is 0 Å². The molecule has 0 spiro atoms. The molecule has 0 unspecified atom stereocenters. The fourth-order valence-electron chi connectivity index (χ4n) is 1.32. The van der Waals surface area contributed by atoms with E-state index in [0.717, 1.165) is 0 Å². The third-order valence-electron chi connectivity index (χ3n) is 2.09. The second kappa shape index (κ2) is 4.61. The van der Waals surface area contributed by atoms with E-state index in [1.807, 2.05) is 0 Å². The van der Waals surface area contributed by atoms with Crippen LogP contribution in [0, 0.1) is 0 Å². The lowest BCUT2D eigenvalue weighted by molar-refractivity contribution is -0.138. The lowest BCUT2D eigenvalue weighted by atomic mass is 10.0. The number of aromatic hydroxyl groups is 1. The molecule has 16 heavy (non-hydrogen) atoms. The first-order chi connectivity index (χ1) is 7.33. The first kappa shape index (κ1) is 12.6. The van der Waals surface area contributed by atoms with Crippen LogP contribution in [0.25, 0.3) is 0 Å². The number of rotatable bonds is 3. The maximum Gasteiger partial charge on any atom is 0.390 e. The van der Waals surface area contributed by atoms with Crippen LogP contribution in [-0.2, 0) is 0 Å². The van der Waals surface area contributed by atoms with Gasteiger partial charge in [0, 0.05) is 11.6 Å². The summed E-state index contributed by atoms with van der Waals surface area (Å²) < 4.78 is 41.2. The SMILES string of the molecule is COc1ccc(O)c([C@H](N)CC(F)(F)F)c1. The van der Waals surface area contributed by atoms with Gasteiger partial charge >= 0.3 is 6.18 Å². The Balaban J connectivity index is 2.93. The van der Waals surface area contributed by atoms with Gasteiger partial charge in [0.2, 0.25) is 0 Å². The van der Waals surface area contributed by atoms with E-state index < -0.39 is 18.6 Å². The number of halogens is 3. The summed E-state index contributed by atoms with van der Waals surface area (Å²) in [6, 6.07) is 2.70. The van der Waals surface area contributed by atoms with Crippen molar-refractivity contribution < 1.29 is 23.0 Å². The van der Waals surface area contributed by atoms with Crippen molar-refractivity contribution >= 4 is 0 Å². The molecular formula is C10H12F3NO2. The van der Waals surface area contributed by atoms with Crippen molar-refractivity contribution in [3.63, 3.8) is 0 Å². The molecule has 0 aromatic heterocycles. The average Bonchev–Trinajstić information content (AvgIpc) is 2.15. The summed E-state index contributed by atoms with van der Waals surface area (Å²) >= 11 is 0. The van der Waals surface area contributed by atoms with Gasteiger partial charge in [-0.3, -0.25) is 0 Å². The van der Waals surface area contributed by atoms with Crippen LogP contribution < -0.4 is 10.5 Å². The van der Waals surface area contributed by atoms with E-state index in [1.165, 1.54) is 25.3 Å². The van der Waals surface area contributed by atoms with E-state index in [1.54, 1.807) is 0 Å². The van der Waals surface area contributed by atoms with E-state index in [9.17, 15) is 18.3 Å². The normalized spacial score (nSPS) is 13.6. The summed E-state index contributed by atoms with van der Waals surface area (Å²) in [4.78, 5) is 0. The molecule has 0 aliphatic heterocycles. The van der Waals surface area contributed by atoms with Crippen LogP contribution in [0.2, 0.25) is 0 Å². The maximum atomic E-state index is 12.1. The molecule has 0 aliphatic carbocycles. The topological polar surface area (TPSA) is 55.5 Å². The summed E-state index contributed by atoms with van der Waals surface area (Å²) in [5.74, 6) is 0.0861. The van der Waals surface area contributed by atoms with Crippen LogP contribution in [0.4, 0.5) is 13.2 Å². The number of benzene rings is 1. The Morgan fingerprint density at radius 3 is 2.56 bits per heavy atom. The van der Waals surface area contributed by atoms with Gasteiger partial charge in [-0.05, 0) is 18.2 Å². The van der Waals surface area contributed by atoms with Crippen molar-refractivity contribution in [2.75, 3.05) is 7.11 Å². The molecular weight excluding hydrogens is 223 g/mol. The third-order valence-corrected chi connectivity index (χ3v) is 2.09. The minimum atomic E-state index is -4.37. The fourth-order valence-corrected chi connectivity index (χ4v) is 1.32. The van der Waals surface area contributed by atoms with Gasteiger partial charge in [0.05, 0.1) is 13.5 Å². The van der Waals surface area contributed by atoms with Crippen molar-refractivity contribution in [3.8, 4) is 11.5 Å². The Morgan fingerprint density at radius 2 is 2.06 bits per heavy atom. The lowest BCUT2D eigenvalue weighted by Gasteiger charge is -2.16. The average molecular weight is 235 g/mol. The summed E-state index contributed by atoms with van der Waals surface area (Å²) in [6.45, 7) is 0. The Labute approximate surface area is 90.6 Å². The number of methoxy groups -OCH3 is 1. The Bertz CT molecular complexity index is 366. The van der Waals surface area contributed by atoms with Crippen molar-refractivity contribution in [2.45, 2.75) is 18.6 Å². The van der Waals surface area contributed by atoms with Gasteiger partial charge in [0.25, 0.3) is 0 Å². The molecule has 0 heterocycles. The van der Waals surface area contributed by atoms with Crippen LogP contribution in [0.15, 0.2) is 18.2 Å². The van der Waals surface area contributed by atoms with Crippen LogP contribution in [0.5, 0.6) is 11.5 Å². The van der Waals surface area contributed by atoms with Crippen LogP contribution in [-0.4, -0.2) is 18.4 Å². The largest absolute Gasteiger partial charge is 0.508 e. The number of hydrogen-bond donors (Lipinski definition) is 2. The van der Waals surface area contributed by atoms with Gasteiger partial charge in [-0.2, -0.15) is 13.2 Å². The zero-order chi connectivity index (χ0) is 12.3. The minimum absolute atomic E-state index is 0.0247. The molecule has 1 aromatic carbocycles. The molecule has 0 fully saturated rings. The summed E-state index contributed by atoms with van der Waals surface area (Å²) in [6.07, 6.45) is -5.55. The molecule has 6 heteroatoms. The van der Waals surface area contributed by atoms with Gasteiger partial charge in [-0.15, -0.1) is 0 Å². The molecule has 0 saturated carbocycles. The second-order valence-electron chi connectivity index (χ2n) is 3.35. The lowest BCUT2D eigenvalue weighted by Crippen LogP contribution is -2.20. The molecule has 3 N–H and O–H groups in total. The smallest absolute Gasteiger partial charge is 0.390 e. The standard InChI is InChI=1S/C10H12F3NO2/c1-16-6-2-3-9(15)7(4-6)8(14)5-10(11,12)13/h2-4,8,15H,5,14H2,1H3/t8-/m1/s1. The van der Waals surface area contributed by atoms with Gasteiger partial charge in [-0.1, -0.05) is 0 Å². The zero-order valence-corrected chi connectivity index (χ0v) is 8.58. The van der Waals surface area contributed by atoms with Crippen molar-refractivity contribution in [3.05, 3.63) is 23.8 Å². The monoisotopic (exact) mass is 235 g/mol. The molecule has 3 nitrogen and oxygen atoms in total. The van der Waals surface area contributed by atoms with E-state index in [0.29, 0.717) is 5.75 Å². The van der Waals surface area contributed by atoms with E-state index in [-0.39, 0.29) is 11.3 Å². The van der Waals surface area contributed by atoms with Crippen molar-refractivity contribution in [2.24, 2.45) is 5.73 Å². The number of alkyl halides is 3. The molecule has 0 bridgehead atoms. The molecule has 1 atom stereocenters. The highest BCUT2D eigenvalue weighted by Crippen LogP contribution is 2.33. The predicted molar refractivity (Wildman–Crippen MR) is 52.3 cm³/mol. The van der Waals surface area contributed by atoms with Gasteiger partial charge in [0.15, 0.2) is 0 Å². The molecule has 90 valence electrons. The van der Waals surface area contributed by atoms with Crippen LogP contribution >= 0.6 is 0 Å². The van der Waals surface area contributed by atoms with Crippen LogP contribution in [0.1, 0.15) is 18.0 Å². The number of phenolic OH excluding ortho intramolecular Hbond substituents is 1. The summed E-state index contributed by atoms with van der Waals surface area (Å²) in [7, 11) is 1.38. The predicted octanol–water partition coefficient (Wildman–Crippen LogP) is 2.35. The van der Waals surface area contributed by atoms with Gasteiger partial charge < -0.3 is 15.6 Å². The van der Waals surface area contributed by atoms with E-state index in [2.05, 4.69) is 0 Å². The van der Waals surface area contributed by atoms with E-state index >= 15 is 0 Å². The van der Waals surface area contributed by atoms with Gasteiger partial charge in [-0.25, -0.2) is 0 Å². The highest BCUT2D eigenvalue weighted by Gasteiger charge is 2.31. The first-order valence-corrected chi connectivity index (χ1v) is 4.52. The first-order valence-electron chi connectivity index (χ1n) is 4.52. The molecule has 0 aliphatic rings. The molecule has 0 radical (unpaired) electrons. The number of ether oxygens (including phenoxy) is 1. The molecule has 1 rings (SSSR count). The number of nitrogens with two attached hydrogens (primary N) is 1. The number of hydrogen-bond acceptors (Lipinski definition) is 3. The highest BCUT2D eigenvalue weighted by molar-refractivity contribution is 5.41. The third kappa shape index (κ3) is 3.30. The Morgan fingerprint density at radius 1 is 1.44 bits per heavy atom. The summed E-state index contributed by atoms with van der Waals surface area (Å²) in [5.41, 5.74) is 5.39. The number of phenols is 1. The maximum absolute atomic E-state index is 12.1. The molecule has 0 saturated heterocycles. The summed E-state index contributed by atoms with van der Waals surface area (Å²) in [5, 5.41) is 9.39. The van der Waals surface area contributed by atoms with Crippen LogP contribution in [0.3, 0.4) is 0 Å². The fraction of sp³-hybridized carbons (Fsp3) is 0.400. The van der Waals surface area contributed by atoms with Crippen molar-refractivity contribution in [1.29, 1.82) is 0 Å².